The first-order valence-electron chi connectivity index (χ1n) is 5.47. The number of methoxy groups -OCH3 is 1. The third-order valence-electron chi connectivity index (χ3n) is 2.69. The molecule has 0 heterocycles. The number of nitrogen functional groups attached to an aromatic ring is 1. The van der Waals surface area contributed by atoms with Crippen molar-refractivity contribution in [2.24, 2.45) is 0 Å². The lowest BCUT2D eigenvalue weighted by Gasteiger charge is -2.07. The zero-order valence-corrected chi connectivity index (χ0v) is 10.1. The SMILES string of the molecule is COc1cccc(C(=O)c2ccc(N)c(F)c2)c1F. The molecule has 0 bridgehead atoms. The van der Waals surface area contributed by atoms with Crippen LogP contribution in [0.25, 0.3) is 0 Å². The maximum atomic E-state index is 13.9. The third-order valence-corrected chi connectivity index (χ3v) is 2.69. The van der Waals surface area contributed by atoms with Gasteiger partial charge in [-0.1, -0.05) is 6.07 Å². The molecule has 0 spiro atoms. The largest absolute Gasteiger partial charge is 0.494 e. The zero-order valence-electron chi connectivity index (χ0n) is 10.1. The number of ether oxygens (including phenoxy) is 1. The van der Waals surface area contributed by atoms with Crippen molar-refractivity contribution < 1.29 is 18.3 Å². The van der Waals surface area contributed by atoms with Crippen molar-refractivity contribution in [3.05, 3.63) is 59.2 Å². The fourth-order valence-electron chi connectivity index (χ4n) is 1.67. The van der Waals surface area contributed by atoms with Gasteiger partial charge in [-0.05, 0) is 30.3 Å². The van der Waals surface area contributed by atoms with Crippen molar-refractivity contribution in [2.75, 3.05) is 12.8 Å². The maximum absolute atomic E-state index is 13.9. The van der Waals surface area contributed by atoms with Gasteiger partial charge in [-0.3, -0.25) is 4.79 Å². The first-order valence-corrected chi connectivity index (χ1v) is 5.47. The maximum Gasteiger partial charge on any atom is 0.196 e. The number of rotatable bonds is 3. The molecule has 2 rings (SSSR count). The van der Waals surface area contributed by atoms with Crippen molar-refractivity contribution in [3.63, 3.8) is 0 Å². The molecule has 98 valence electrons. The molecule has 0 radical (unpaired) electrons. The summed E-state index contributed by atoms with van der Waals surface area (Å²) in [6.45, 7) is 0. The molecular formula is C14H11F2NO2. The molecule has 0 aliphatic heterocycles. The summed E-state index contributed by atoms with van der Waals surface area (Å²) < 4.78 is 32.0. The van der Waals surface area contributed by atoms with Gasteiger partial charge in [0, 0.05) is 5.56 Å². The van der Waals surface area contributed by atoms with Gasteiger partial charge in [0.2, 0.25) is 0 Å². The number of hydrogen-bond donors (Lipinski definition) is 1. The van der Waals surface area contributed by atoms with Crippen LogP contribution < -0.4 is 10.5 Å². The average Bonchev–Trinajstić information content (AvgIpc) is 2.41. The summed E-state index contributed by atoms with van der Waals surface area (Å²) in [7, 11) is 1.30. The van der Waals surface area contributed by atoms with Crippen LogP contribution in [-0.4, -0.2) is 12.9 Å². The Labute approximate surface area is 108 Å². The van der Waals surface area contributed by atoms with Crippen LogP contribution in [0.1, 0.15) is 15.9 Å². The fraction of sp³-hybridized carbons (Fsp3) is 0.0714. The normalized spacial score (nSPS) is 10.3. The van der Waals surface area contributed by atoms with Crippen molar-refractivity contribution >= 4 is 11.5 Å². The van der Waals surface area contributed by atoms with Gasteiger partial charge in [0.25, 0.3) is 0 Å². The number of ketones is 1. The molecule has 0 aromatic heterocycles. The summed E-state index contributed by atoms with van der Waals surface area (Å²) in [5, 5.41) is 0. The van der Waals surface area contributed by atoms with E-state index in [0.717, 1.165) is 6.07 Å². The molecule has 0 saturated carbocycles. The number of carbonyl (C=O) groups excluding carboxylic acids is 1. The lowest BCUT2D eigenvalue weighted by molar-refractivity contribution is 0.103. The zero-order chi connectivity index (χ0) is 14.0. The molecule has 0 fully saturated rings. The highest BCUT2D eigenvalue weighted by molar-refractivity contribution is 6.09. The van der Waals surface area contributed by atoms with E-state index in [1.54, 1.807) is 0 Å². The predicted octanol–water partition coefficient (Wildman–Crippen LogP) is 2.79. The minimum absolute atomic E-state index is 0.0267. The van der Waals surface area contributed by atoms with Crippen LogP contribution in [0.5, 0.6) is 5.75 Å². The summed E-state index contributed by atoms with van der Waals surface area (Å²) in [6.07, 6.45) is 0. The monoisotopic (exact) mass is 263 g/mol. The van der Waals surface area contributed by atoms with Crippen LogP contribution in [0.15, 0.2) is 36.4 Å². The summed E-state index contributed by atoms with van der Waals surface area (Å²) in [5.74, 6) is -2.15. The van der Waals surface area contributed by atoms with Crippen LogP contribution in [-0.2, 0) is 0 Å². The van der Waals surface area contributed by atoms with E-state index in [2.05, 4.69) is 0 Å². The van der Waals surface area contributed by atoms with Crippen LogP contribution >= 0.6 is 0 Å². The molecule has 2 aromatic carbocycles. The predicted molar refractivity (Wildman–Crippen MR) is 67.2 cm³/mol. The molecule has 5 heteroatoms. The van der Waals surface area contributed by atoms with Crippen molar-refractivity contribution in [3.8, 4) is 5.75 Å². The Balaban J connectivity index is 2.47. The highest BCUT2D eigenvalue weighted by Gasteiger charge is 2.18. The smallest absolute Gasteiger partial charge is 0.196 e. The van der Waals surface area contributed by atoms with E-state index in [9.17, 15) is 13.6 Å². The van der Waals surface area contributed by atoms with Gasteiger partial charge in [-0.2, -0.15) is 0 Å². The van der Waals surface area contributed by atoms with E-state index < -0.39 is 17.4 Å². The molecule has 0 saturated heterocycles. The molecule has 0 atom stereocenters. The quantitative estimate of drug-likeness (QED) is 0.684. The van der Waals surface area contributed by atoms with Crippen molar-refractivity contribution in [1.29, 1.82) is 0 Å². The molecule has 0 amide bonds. The molecule has 0 unspecified atom stereocenters. The summed E-state index contributed by atoms with van der Waals surface area (Å²) in [4.78, 5) is 12.1. The molecule has 3 nitrogen and oxygen atoms in total. The van der Waals surface area contributed by atoms with E-state index in [-0.39, 0.29) is 22.6 Å². The second kappa shape index (κ2) is 5.06. The van der Waals surface area contributed by atoms with Crippen molar-refractivity contribution in [2.45, 2.75) is 0 Å². The number of benzene rings is 2. The lowest BCUT2D eigenvalue weighted by Crippen LogP contribution is -2.06. The van der Waals surface area contributed by atoms with Gasteiger partial charge >= 0.3 is 0 Å². The van der Waals surface area contributed by atoms with Gasteiger partial charge in [-0.25, -0.2) is 8.78 Å². The van der Waals surface area contributed by atoms with Crippen LogP contribution in [0.4, 0.5) is 14.5 Å². The Kier molecular flexibility index (Phi) is 3.46. The highest BCUT2D eigenvalue weighted by Crippen LogP contribution is 2.23. The number of carbonyl (C=O) groups is 1. The van der Waals surface area contributed by atoms with E-state index in [1.165, 1.54) is 37.4 Å². The number of hydrogen-bond acceptors (Lipinski definition) is 3. The first-order chi connectivity index (χ1) is 9.04. The van der Waals surface area contributed by atoms with Gasteiger partial charge in [0.05, 0.1) is 18.4 Å². The van der Waals surface area contributed by atoms with Gasteiger partial charge in [0.15, 0.2) is 17.3 Å². The highest BCUT2D eigenvalue weighted by atomic mass is 19.1. The Morgan fingerprint density at radius 2 is 1.95 bits per heavy atom. The minimum atomic E-state index is -0.771. The first kappa shape index (κ1) is 13.0. The second-order valence-electron chi connectivity index (χ2n) is 3.89. The fourth-order valence-corrected chi connectivity index (χ4v) is 1.67. The van der Waals surface area contributed by atoms with Gasteiger partial charge in [0.1, 0.15) is 5.82 Å². The number of anilines is 1. The van der Waals surface area contributed by atoms with Gasteiger partial charge in [-0.15, -0.1) is 0 Å². The number of nitrogens with two attached hydrogens (primary N) is 1. The molecular weight excluding hydrogens is 252 g/mol. The topological polar surface area (TPSA) is 52.3 Å². The summed E-state index contributed by atoms with van der Waals surface area (Å²) >= 11 is 0. The Bertz CT molecular complexity index is 641. The Hall–Kier alpha value is -2.43. The Morgan fingerprint density at radius 3 is 2.58 bits per heavy atom. The Morgan fingerprint density at radius 1 is 1.21 bits per heavy atom. The molecule has 19 heavy (non-hydrogen) atoms. The van der Waals surface area contributed by atoms with E-state index >= 15 is 0 Å². The lowest BCUT2D eigenvalue weighted by atomic mass is 10.0. The number of halogens is 2. The van der Waals surface area contributed by atoms with Crippen LogP contribution in [0.3, 0.4) is 0 Å². The van der Waals surface area contributed by atoms with Crippen LogP contribution in [0.2, 0.25) is 0 Å². The van der Waals surface area contributed by atoms with E-state index in [1.807, 2.05) is 0 Å². The summed E-state index contributed by atoms with van der Waals surface area (Å²) in [6, 6.07) is 7.80. The molecule has 0 aliphatic carbocycles. The van der Waals surface area contributed by atoms with Crippen molar-refractivity contribution in [1.82, 2.24) is 0 Å². The average molecular weight is 263 g/mol. The van der Waals surface area contributed by atoms with Gasteiger partial charge < -0.3 is 10.5 Å². The second-order valence-corrected chi connectivity index (χ2v) is 3.89. The molecule has 2 aromatic rings. The van der Waals surface area contributed by atoms with Crippen LogP contribution in [0, 0.1) is 11.6 Å². The standard InChI is InChI=1S/C14H11F2NO2/c1-19-12-4-2-3-9(13(12)16)14(18)8-5-6-11(17)10(15)7-8/h2-7H,17H2,1H3. The molecule has 0 aliphatic rings. The minimum Gasteiger partial charge on any atom is -0.494 e. The molecule has 2 N–H and O–H groups in total. The van der Waals surface area contributed by atoms with E-state index in [4.69, 9.17) is 10.5 Å². The summed E-state index contributed by atoms with van der Waals surface area (Å²) in [5.41, 5.74) is 5.11. The third kappa shape index (κ3) is 2.40. The van der Waals surface area contributed by atoms with E-state index in [0.29, 0.717) is 0 Å².